The van der Waals surface area contributed by atoms with Gasteiger partial charge < -0.3 is 0 Å². The van der Waals surface area contributed by atoms with Gasteiger partial charge in [0.25, 0.3) is 0 Å². The number of benzene rings is 1. The Balaban J connectivity index is 2.52. The standard InChI is InChI=1S/C12H6BrCl2NO/c13-8-4-2-6-16-11(8)12(17)7-3-1-5-9(14)10(7)15/h1-6H. The van der Waals surface area contributed by atoms with Crippen molar-refractivity contribution < 1.29 is 4.79 Å². The van der Waals surface area contributed by atoms with E-state index in [1.807, 2.05) is 0 Å². The van der Waals surface area contributed by atoms with Crippen molar-refractivity contribution >= 4 is 44.9 Å². The fourth-order valence-corrected chi connectivity index (χ4v) is 2.18. The number of aromatic nitrogens is 1. The maximum absolute atomic E-state index is 12.2. The molecule has 0 amide bonds. The summed E-state index contributed by atoms with van der Waals surface area (Å²) in [5.74, 6) is -0.259. The van der Waals surface area contributed by atoms with Gasteiger partial charge in [-0.1, -0.05) is 29.3 Å². The van der Waals surface area contributed by atoms with Crippen molar-refractivity contribution in [3.63, 3.8) is 0 Å². The van der Waals surface area contributed by atoms with Crippen molar-refractivity contribution in [1.82, 2.24) is 4.98 Å². The van der Waals surface area contributed by atoms with Crippen LogP contribution in [0.2, 0.25) is 10.0 Å². The molecular formula is C12H6BrCl2NO. The summed E-state index contributed by atoms with van der Waals surface area (Å²) in [6.45, 7) is 0. The minimum absolute atomic E-state index is 0.247. The maximum atomic E-state index is 12.2. The highest BCUT2D eigenvalue weighted by Crippen LogP contribution is 2.28. The molecule has 0 saturated heterocycles. The van der Waals surface area contributed by atoms with Gasteiger partial charge in [-0.25, -0.2) is 0 Å². The maximum Gasteiger partial charge on any atom is 0.214 e. The molecule has 0 radical (unpaired) electrons. The highest BCUT2D eigenvalue weighted by atomic mass is 79.9. The molecule has 0 aliphatic heterocycles. The molecule has 86 valence electrons. The normalized spacial score (nSPS) is 10.3. The van der Waals surface area contributed by atoms with Crippen LogP contribution in [0.5, 0.6) is 0 Å². The second-order valence-corrected chi connectivity index (χ2v) is 4.90. The van der Waals surface area contributed by atoms with Gasteiger partial charge in [-0.15, -0.1) is 0 Å². The lowest BCUT2D eigenvalue weighted by atomic mass is 10.1. The average Bonchev–Trinajstić information content (AvgIpc) is 2.32. The van der Waals surface area contributed by atoms with Crippen LogP contribution >= 0.6 is 39.1 Å². The van der Waals surface area contributed by atoms with Crippen LogP contribution in [0.25, 0.3) is 0 Å². The quantitative estimate of drug-likeness (QED) is 0.765. The lowest BCUT2D eigenvalue weighted by Gasteiger charge is -2.05. The molecule has 0 bridgehead atoms. The zero-order chi connectivity index (χ0) is 12.4. The molecular weight excluding hydrogens is 325 g/mol. The first-order valence-corrected chi connectivity index (χ1v) is 6.25. The number of pyridine rings is 1. The van der Waals surface area contributed by atoms with Gasteiger partial charge >= 0.3 is 0 Å². The van der Waals surface area contributed by atoms with E-state index in [4.69, 9.17) is 23.2 Å². The highest BCUT2D eigenvalue weighted by molar-refractivity contribution is 9.10. The fraction of sp³-hybridized carbons (Fsp3) is 0. The van der Waals surface area contributed by atoms with Gasteiger partial charge in [-0.3, -0.25) is 9.78 Å². The summed E-state index contributed by atoms with van der Waals surface area (Å²) >= 11 is 15.1. The topological polar surface area (TPSA) is 30.0 Å². The first-order valence-electron chi connectivity index (χ1n) is 4.70. The Morgan fingerprint density at radius 2 is 1.94 bits per heavy atom. The zero-order valence-corrected chi connectivity index (χ0v) is 11.6. The summed E-state index contributed by atoms with van der Waals surface area (Å²) in [5, 5.41) is 0.598. The lowest BCUT2D eigenvalue weighted by molar-refractivity contribution is 0.103. The SMILES string of the molecule is O=C(c1cccc(Cl)c1Cl)c1ncccc1Br. The first kappa shape index (κ1) is 12.6. The Bertz CT molecular complexity index is 586. The molecule has 0 N–H and O–H groups in total. The van der Waals surface area contributed by atoms with Crippen LogP contribution in [-0.2, 0) is 0 Å². The number of nitrogens with zero attached hydrogens (tertiary/aromatic N) is 1. The smallest absolute Gasteiger partial charge is 0.214 e. The van der Waals surface area contributed by atoms with Gasteiger partial charge in [0.1, 0.15) is 5.69 Å². The van der Waals surface area contributed by atoms with Gasteiger partial charge in [0, 0.05) is 16.2 Å². The number of halogens is 3. The molecule has 0 atom stereocenters. The van der Waals surface area contributed by atoms with E-state index in [-0.39, 0.29) is 10.8 Å². The summed E-state index contributed by atoms with van der Waals surface area (Å²) in [6.07, 6.45) is 1.55. The van der Waals surface area contributed by atoms with Gasteiger partial charge in [0.15, 0.2) is 0 Å². The number of carbonyl (C=O) groups is 1. The minimum atomic E-state index is -0.259. The number of hydrogen-bond acceptors (Lipinski definition) is 2. The summed E-state index contributed by atoms with van der Waals surface area (Å²) in [4.78, 5) is 16.2. The molecule has 0 spiro atoms. The molecule has 5 heteroatoms. The van der Waals surface area contributed by atoms with E-state index < -0.39 is 0 Å². The van der Waals surface area contributed by atoms with E-state index in [2.05, 4.69) is 20.9 Å². The van der Waals surface area contributed by atoms with Crippen molar-refractivity contribution in [3.05, 3.63) is 62.3 Å². The Morgan fingerprint density at radius 1 is 1.18 bits per heavy atom. The fourth-order valence-electron chi connectivity index (χ4n) is 1.36. The van der Waals surface area contributed by atoms with E-state index in [1.165, 1.54) is 0 Å². The van der Waals surface area contributed by atoms with E-state index >= 15 is 0 Å². The average molecular weight is 331 g/mol. The van der Waals surface area contributed by atoms with E-state index in [9.17, 15) is 4.79 Å². The van der Waals surface area contributed by atoms with Crippen molar-refractivity contribution in [2.45, 2.75) is 0 Å². The first-order chi connectivity index (χ1) is 8.11. The van der Waals surface area contributed by atoms with Crippen molar-refractivity contribution in [2.24, 2.45) is 0 Å². The Kier molecular flexibility index (Phi) is 3.82. The molecule has 2 rings (SSSR count). The molecule has 1 aromatic heterocycles. The van der Waals surface area contributed by atoms with Gasteiger partial charge in [-0.05, 0) is 40.2 Å². The molecule has 0 fully saturated rings. The van der Waals surface area contributed by atoms with Crippen LogP contribution in [0.3, 0.4) is 0 Å². The minimum Gasteiger partial charge on any atom is -0.287 e. The predicted molar refractivity (Wildman–Crippen MR) is 71.8 cm³/mol. The highest BCUT2D eigenvalue weighted by Gasteiger charge is 2.17. The zero-order valence-electron chi connectivity index (χ0n) is 8.45. The van der Waals surface area contributed by atoms with Crippen LogP contribution in [0.1, 0.15) is 16.1 Å². The number of carbonyl (C=O) groups excluding carboxylic acids is 1. The monoisotopic (exact) mass is 329 g/mol. The van der Waals surface area contributed by atoms with Gasteiger partial charge in [0.2, 0.25) is 5.78 Å². The summed E-state index contributed by atoms with van der Waals surface area (Å²) in [6, 6.07) is 8.42. The molecule has 0 aliphatic rings. The molecule has 0 aliphatic carbocycles. The van der Waals surface area contributed by atoms with Crippen molar-refractivity contribution in [1.29, 1.82) is 0 Å². The van der Waals surface area contributed by atoms with E-state index in [1.54, 1.807) is 36.5 Å². The predicted octanol–water partition coefficient (Wildman–Crippen LogP) is 4.38. The molecule has 2 nitrogen and oxygen atoms in total. The van der Waals surface area contributed by atoms with Crippen LogP contribution in [0.15, 0.2) is 41.0 Å². The molecule has 17 heavy (non-hydrogen) atoms. The van der Waals surface area contributed by atoms with Crippen molar-refractivity contribution in [3.8, 4) is 0 Å². The summed E-state index contributed by atoms with van der Waals surface area (Å²) in [5.41, 5.74) is 0.662. The van der Waals surface area contributed by atoms with Crippen LogP contribution in [0.4, 0.5) is 0 Å². The summed E-state index contributed by atoms with van der Waals surface area (Å²) < 4.78 is 0.626. The lowest BCUT2D eigenvalue weighted by Crippen LogP contribution is -2.05. The van der Waals surface area contributed by atoms with Crippen LogP contribution in [0, 0.1) is 0 Å². The molecule has 1 aromatic carbocycles. The third-order valence-corrected chi connectivity index (χ3v) is 3.63. The van der Waals surface area contributed by atoms with Gasteiger partial charge in [-0.2, -0.15) is 0 Å². The number of rotatable bonds is 2. The number of ketones is 1. The van der Waals surface area contributed by atoms with Crippen LogP contribution in [-0.4, -0.2) is 10.8 Å². The second-order valence-electron chi connectivity index (χ2n) is 3.26. The Hall–Kier alpha value is -0.900. The number of hydrogen-bond donors (Lipinski definition) is 0. The Labute approximate surface area is 117 Å². The van der Waals surface area contributed by atoms with Gasteiger partial charge in [0.05, 0.1) is 10.0 Å². The Morgan fingerprint density at radius 3 is 2.65 bits per heavy atom. The molecule has 0 saturated carbocycles. The van der Waals surface area contributed by atoms with Crippen molar-refractivity contribution in [2.75, 3.05) is 0 Å². The largest absolute Gasteiger partial charge is 0.287 e. The third kappa shape index (κ3) is 2.51. The van der Waals surface area contributed by atoms with Crippen LogP contribution < -0.4 is 0 Å². The molecule has 1 heterocycles. The summed E-state index contributed by atoms with van der Waals surface area (Å²) in [7, 11) is 0. The van der Waals surface area contributed by atoms with E-state index in [0.717, 1.165) is 0 Å². The molecule has 0 unspecified atom stereocenters. The third-order valence-electron chi connectivity index (χ3n) is 2.17. The molecule has 2 aromatic rings. The second kappa shape index (κ2) is 5.17. The van der Waals surface area contributed by atoms with E-state index in [0.29, 0.717) is 20.8 Å².